The van der Waals surface area contributed by atoms with Crippen LogP contribution in [0.15, 0.2) is 23.1 Å². The van der Waals surface area contributed by atoms with Gasteiger partial charge in [0.15, 0.2) is 11.5 Å². The van der Waals surface area contributed by atoms with Crippen molar-refractivity contribution in [3.63, 3.8) is 0 Å². The molecule has 2 rings (SSSR count). The van der Waals surface area contributed by atoms with Gasteiger partial charge in [0.25, 0.3) is 0 Å². The van der Waals surface area contributed by atoms with Crippen molar-refractivity contribution in [2.45, 2.75) is 11.3 Å². The van der Waals surface area contributed by atoms with Gasteiger partial charge in [-0.05, 0) is 18.2 Å². The summed E-state index contributed by atoms with van der Waals surface area (Å²) < 4.78 is 10.9. The third-order valence-electron chi connectivity index (χ3n) is 2.39. The molecule has 0 aliphatic carbocycles. The highest BCUT2D eigenvalue weighted by Crippen LogP contribution is 2.34. The van der Waals surface area contributed by atoms with Crippen LogP contribution < -0.4 is 14.8 Å². The highest BCUT2D eigenvalue weighted by Gasteiger charge is 2.11. The number of carbonyl (C=O) groups excluding carboxylic acids is 1. The van der Waals surface area contributed by atoms with Crippen LogP contribution in [-0.2, 0) is 4.79 Å². The lowest BCUT2D eigenvalue weighted by Crippen LogP contribution is -2.17. The maximum absolute atomic E-state index is 11.1. The number of carbonyl (C=O) groups is 1. The number of hydrogen-bond donors (Lipinski definition) is 1. The van der Waals surface area contributed by atoms with Gasteiger partial charge in [0.05, 0.1) is 0 Å². The summed E-state index contributed by atoms with van der Waals surface area (Å²) >= 11 is 1.64. The second-order valence-corrected chi connectivity index (χ2v) is 4.75. The fourth-order valence-electron chi connectivity index (χ4n) is 1.50. The van der Waals surface area contributed by atoms with E-state index in [1.165, 1.54) is 0 Å². The van der Waals surface area contributed by atoms with Crippen LogP contribution in [0.1, 0.15) is 6.42 Å². The maximum atomic E-state index is 11.1. The summed E-state index contributed by atoms with van der Waals surface area (Å²) in [7, 11) is 1.65. The topological polar surface area (TPSA) is 47.6 Å². The SMILES string of the molecule is CNC(=O)CCSc1ccc2c(c1)OCCO2. The van der Waals surface area contributed by atoms with E-state index >= 15 is 0 Å². The molecule has 0 spiro atoms. The van der Waals surface area contributed by atoms with E-state index in [1.807, 2.05) is 18.2 Å². The molecule has 1 aromatic carbocycles. The number of benzene rings is 1. The maximum Gasteiger partial charge on any atom is 0.220 e. The quantitative estimate of drug-likeness (QED) is 0.829. The summed E-state index contributed by atoms with van der Waals surface area (Å²) in [6, 6.07) is 5.86. The number of thioether (sulfide) groups is 1. The molecular formula is C12H15NO3S. The van der Waals surface area contributed by atoms with Gasteiger partial charge in [0.1, 0.15) is 13.2 Å². The third kappa shape index (κ3) is 3.30. The van der Waals surface area contributed by atoms with Crippen molar-refractivity contribution in [1.82, 2.24) is 5.32 Å². The summed E-state index contributed by atoms with van der Waals surface area (Å²) in [6.45, 7) is 1.20. The van der Waals surface area contributed by atoms with Gasteiger partial charge < -0.3 is 14.8 Å². The molecule has 0 radical (unpaired) electrons. The molecule has 0 atom stereocenters. The monoisotopic (exact) mass is 253 g/mol. The van der Waals surface area contributed by atoms with E-state index in [9.17, 15) is 4.79 Å². The number of nitrogens with one attached hydrogen (secondary N) is 1. The summed E-state index contributed by atoms with van der Waals surface area (Å²) in [5.41, 5.74) is 0. The molecule has 0 aromatic heterocycles. The average molecular weight is 253 g/mol. The first kappa shape index (κ1) is 12.1. The van der Waals surface area contributed by atoms with Crippen LogP contribution in [0, 0.1) is 0 Å². The van der Waals surface area contributed by atoms with Crippen LogP contribution in [0.3, 0.4) is 0 Å². The van der Waals surface area contributed by atoms with Gasteiger partial charge in [-0.3, -0.25) is 4.79 Å². The molecule has 4 nitrogen and oxygen atoms in total. The fraction of sp³-hybridized carbons (Fsp3) is 0.417. The van der Waals surface area contributed by atoms with Gasteiger partial charge in [0, 0.05) is 24.1 Å². The summed E-state index contributed by atoms with van der Waals surface area (Å²) in [5.74, 6) is 2.42. The molecule has 1 aliphatic heterocycles. The predicted molar refractivity (Wildman–Crippen MR) is 66.8 cm³/mol. The van der Waals surface area contributed by atoms with Crippen molar-refractivity contribution in [2.75, 3.05) is 26.0 Å². The lowest BCUT2D eigenvalue weighted by Gasteiger charge is -2.18. The highest BCUT2D eigenvalue weighted by molar-refractivity contribution is 7.99. The minimum absolute atomic E-state index is 0.0649. The molecule has 0 saturated carbocycles. The Morgan fingerprint density at radius 3 is 2.88 bits per heavy atom. The Hall–Kier alpha value is -1.36. The van der Waals surface area contributed by atoms with Crippen molar-refractivity contribution >= 4 is 17.7 Å². The lowest BCUT2D eigenvalue weighted by molar-refractivity contribution is -0.120. The Bertz CT molecular complexity index is 409. The molecule has 17 heavy (non-hydrogen) atoms. The van der Waals surface area contributed by atoms with Gasteiger partial charge in [-0.2, -0.15) is 0 Å². The number of amides is 1. The molecule has 1 heterocycles. The normalized spacial score (nSPS) is 13.2. The Kier molecular flexibility index (Phi) is 4.14. The summed E-state index contributed by atoms with van der Waals surface area (Å²) in [6.07, 6.45) is 0.523. The van der Waals surface area contributed by atoms with Gasteiger partial charge >= 0.3 is 0 Å². The minimum Gasteiger partial charge on any atom is -0.486 e. The standard InChI is InChI=1S/C12H15NO3S/c1-13-12(14)4-7-17-9-2-3-10-11(8-9)16-6-5-15-10/h2-3,8H,4-7H2,1H3,(H,13,14). The molecule has 0 fully saturated rings. The molecular weight excluding hydrogens is 238 g/mol. The van der Waals surface area contributed by atoms with Crippen LogP contribution in [0.25, 0.3) is 0 Å². The van der Waals surface area contributed by atoms with Crippen molar-refractivity contribution in [2.24, 2.45) is 0 Å². The molecule has 0 saturated heterocycles. The van der Waals surface area contributed by atoms with Crippen LogP contribution in [0.4, 0.5) is 0 Å². The molecule has 0 bridgehead atoms. The first-order chi connectivity index (χ1) is 8.29. The van der Waals surface area contributed by atoms with Crippen LogP contribution in [0.2, 0.25) is 0 Å². The Labute approximate surface area is 105 Å². The van der Waals surface area contributed by atoms with E-state index in [0.717, 1.165) is 22.1 Å². The van der Waals surface area contributed by atoms with Crippen molar-refractivity contribution in [1.29, 1.82) is 0 Å². The number of fused-ring (bicyclic) bond motifs is 1. The molecule has 1 aromatic rings. The van der Waals surface area contributed by atoms with E-state index in [1.54, 1.807) is 18.8 Å². The largest absolute Gasteiger partial charge is 0.486 e. The molecule has 0 unspecified atom stereocenters. The summed E-state index contributed by atoms with van der Waals surface area (Å²) in [5, 5.41) is 2.60. The molecule has 1 aliphatic rings. The van der Waals surface area contributed by atoms with Crippen LogP contribution >= 0.6 is 11.8 Å². The second kappa shape index (κ2) is 5.82. The second-order valence-electron chi connectivity index (χ2n) is 3.58. The average Bonchev–Trinajstić information content (AvgIpc) is 2.38. The first-order valence-electron chi connectivity index (χ1n) is 5.52. The predicted octanol–water partition coefficient (Wildman–Crippen LogP) is 1.69. The van der Waals surface area contributed by atoms with Gasteiger partial charge in [-0.15, -0.1) is 11.8 Å². The third-order valence-corrected chi connectivity index (χ3v) is 3.39. The minimum atomic E-state index is 0.0649. The lowest BCUT2D eigenvalue weighted by atomic mass is 10.3. The Morgan fingerprint density at radius 2 is 2.12 bits per heavy atom. The van der Waals surface area contributed by atoms with Crippen molar-refractivity contribution in [3.8, 4) is 11.5 Å². The van der Waals surface area contributed by atoms with Crippen molar-refractivity contribution in [3.05, 3.63) is 18.2 Å². The van der Waals surface area contributed by atoms with E-state index < -0.39 is 0 Å². The number of ether oxygens (including phenoxy) is 2. The van der Waals surface area contributed by atoms with Crippen LogP contribution in [-0.4, -0.2) is 31.9 Å². The first-order valence-corrected chi connectivity index (χ1v) is 6.51. The van der Waals surface area contributed by atoms with Gasteiger partial charge in [0.2, 0.25) is 5.91 Å². The zero-order valence-electron chi connectivity index (χ0n) is 9.69. The van der Waals surface area contributed by atoms with E-state index in [0.29, 0.717) is 19.6 Å². The highest BCUT2D eigenvalue weighted by atomic mass is 32.2. The Morgan fingerprint density at radius 1 is 1.35 bits per heavy atom. The molecule has 5 heteroatoms. The van der Waals surface area contributed by atoms with E-state index in [2.05, 4.69) is 5.32 Å². The fourth-order valence-corrected chi connectivity index (χ4v) is 2.38. The van der Waals surface area contributed by atoms with E-state index in [4.69, 9.17) is 9.47 Å². The zero-order chi connectivity index (χ0) is 12.1. The summed E-state index contributed by atoms with van der Waals surface area (Å²) in [4.78, 5) is 12.2. The zero-order valence-corrected chi connectivity index (χ0v) is 10.5. The Balaban J connectivity index is 1.91. The van der Waals surface area contributed by atoms with Gasteiger partial charge in [-0.1, -0.05) is 0 Å². The molecule has 1 amide bonds. The van der Waals surface area contributed by atoms with Gasteiger partial charge in [-0.25, -0.2) is 0 Å². The number of rotatable bonds is 4. The smallest absolute Gasteiger partial charge is 0.220 e. The molecule has 1 N–H and O–H groups in total. The van der Waals surface area contributed by atoms with Crippen molar-refractivity contribution < 1.29 is 14.3 Å². The molecule has 92 valence electrons. The van der Waals surface area contributed by atoms with Crippen LogP contribution in [0.5, 0.6) is 11.5 Å². The number of hydrogen-bond acceptors (Lipinski definition) is 4. The van der Waals surface area contributed by atoms with E-state index in [-0.39, 0.29) is 5.91 Å².